The fourth-order valence-corrected chi connectivity index (χ4v) is 3.28. The van der Waals surface area contributed by atoms with Crippen molar-refractivity contribution in [3.8, 4) is 0 Å². The van der Waals surface area contributed by atoms with Crippen LogP contribution < -0.4 is 5.32 Å². The molecule has 0 saturated carbocycles. The Bertz CT molecular complexity index is 509. The molecule has 2 nitrogen and oxygen atoms in total. The summed E-state index contributed by atoms with van der Waals surface area (Å²) in [7, 11) is 2.13. The Labute approximate surface area is 118 Å². The summed E-state index contributed by atoms with van der Waals surface area (Å²) in [4.78, 5) is 3.52. The van der Waals surface area contributed by atoms with Crippen molar-refractivity contribution in [1.82, 2.24) is 10.2 Å². The summed E-state index contributed by atoms with van der Waals surface area (Å²) in [5.41, 5.74) is 0. The minimum absolute atomic E-state index is 0.857. The predicted octanol–water partition coefficient (Wildman–Crippen LogP) is 3.60. The van der Waals surface area contributed by atoms with Gasteiger partial charge in [-0.15, -0.1) is 11.3 Å². The van der Waals surface area contributed by atoms with E-state index in [0.717, 1.165) is 31.2 Å². The molecule has 0 radical (unpaired) electrons. The van der Waals surface area contributed by atoms with Crippen molar-refractivity contribution in [2.75, 3.05) is 26.7 Å². The minimum atomic E-state index is 0.857. The van der Waals surface area contributed by atoms with E-state index in [1.807, 2.05) is 6.07 Å². The zero-order valence-electron chi connectivity index (χ0n) is 10.9. The van der Waals surface area contributed by atoms with Crippen LogP contribution in [0.1, 0.15) is 11.8 Å². The number of likely N-dealkylation sites (N-methyl/N-ethyl adjacent to an activating group) is 1. The van der Waals surface area contributed by atoms with Crippen LogP contribution in [0.15, 0.2) is 24.3 Å². The van der Waals surface area contributed by atoms with Gasteiger partial charge in [0.25, 0.3) is 0 Å². The second-order valence-electron chi connectivity index (χ2n) is 4.41. The van der Waals surface area contributed by atoms with Gasteiger partial charge in [0, 0.05) is 34.6 Å². The molecule has 1 heterocycles. The van der Waals surface area contributed by atoms with Crippen LogP contribution in [0.3, 0.4) is 0 Å². The van der Waals surface area contributed by atoms with Gasteiger partial charge in [0.2, 0.25) is 0 Å². The molecular weight excluding hydrogens is 264 g/mol. The topological polar surface area (TPSA) is 15.3 Å². The lowest BCUT2D eigenvalue weighted by molar-refractivity contribution is 0.349. The molecule has 1 N–H and O–H groups in total. The van der Waals surface area contributed by atoms with Crippen LogP contribution in [-0.2, 0) is 6.54 Å². The molecule has 98 valence electrons. The lowest BCUT2D eigenvalue weighted by Crippen LogP contribution is -2.28. The number of fused-ring (bicyclic) bond motifs is 1. The zero-order valence-corrected chi connectivity index (χ0v) is 12.4. The van der Waals surface area contributed by atoms with E-state index in [1.165, 1.54) is 15.0 Å². The van der Waals surface area contributed by atoms with E-state index in [0.29, 0.717) is 0 Å². The average molecular weight is 283 g/mol. The molecule has 0 aliphatic rings. The third-order valence-corrected chi connectivity index (χ3v) is 4.81. The largest absolute Gasteiger partial charge is 0.311 e. The number of halogens is 1. The first kappa shape index (κ1) is 13.8. The second-order valence-corrected chi connectivity index (χ2v) is 5.92. The highest BCUT2D eigenvalue weighted by atomic mass is 35.5. The number of hydrogen-bond acceptors (Lipinski definition) is 3. The van der Waals surface area contributed by atoms with Gasteiger partial charge in [-0.05, 0) is 19.7 Å². The van der Waals surface area contributed by atoms with Gasteiger partial charge in [-0.1, -0.05) is 36.7 Å². The predicted molar refractivity (Wildman–Crippen MR) is 81.7 cm³/mol. The SMILES string of the molecule is CCN(C)CCNCc1sc2ccccc2c1Cl. The van der Waals surface area contributed by atoms with Crippen molar-refractivity contribution in [2.24, 2.45) is 0 Å². The number of hydrogen-bond donors (Lipinski definition) is 1. The maximum atomic E-state index is 6.39. The standard InChI is InChI=1S/C14H19ClN2S/c1-3-17(2)9-8-16-10-13-14(15)11-6-4-5-7-12(11)18-13/h4-7,16H,3,8-10H2,1-2H3. The van der Waals surface area contributed by atoms with Crippen LogP contribution in [0.2, 0.25) is 5.02 Å². The third-order valence-electron chi connectivity index (χ3n) is 3.10. The van der Waals surface area contributed by atoms with E-state index in [9.17, 15) is 0 Å². The molecule has 0 fully saturated rings. The van der Waals surface area contributed by atoms with Crippen molar-refractivity contribution >= 4 is 33.0 Å². The summed E-state index contributed by atoms with van der Waals surface area (Å²) < 4.78 is 1.27. The van der Waals surface area contributed by atoms with Crippen LogP contribution in [0.5, 0.6) is 0 Å². The summed E-state index contributed by atoms with van der Waals surface area (Å²) in [6.45, 7) is 6.18. The molecule has 0 saturated heterocycles. The molecule has 1 aromatic heterocycles. The minimum Gasteiger partial charge on any atom is -0.311 e. The van der Waals surface area contributed by atoms with Crippen LogP contribution in [0.4, 0.5) is 0 Å². The zero-order chi connectivity index (χ0) is 13.0. The Balaban J connectivity index is 1.94. The van der Waals surface area contributed by atoms with Crippen LogP contribution in [-0.4, -0.2) is 31.6 Å². The van der Waals surface area contributed by atoms with Crippen molar-refractivity contribution in [2.45, 2.75) is 13.5 Å². The van der Waals surface area contributed by atoms with Gasteiger partial charge < -0.3 is 10.2 Å². The summed E-state index contributed by atoms with van der Waals surface area (Å²) in [6, 6.07) is 8.31. The molecule has 0 amide bonds. The maximum Gasteiger partial charge on any atom is 0.0636 e. The Morgan fingerprint density at radius 1 is 1.33 bits per heavy atom. The van der Waals surface area contributed by atoms with Gasteiger partial charge in [-0.25, -0.2) is 0 Å². The average Bonchev–Trinajstić information content (AvgIpc) is 2.72. The highest BCUT2D eigenvalue weighted by Gasteiger charge is 2.08. The fraction of sp³-hybridized carbons (Fsp3) is 0.429. The second kappa shape index (κ2) is 6.53. The number of rotatable bonds is 6. The number of nitrogens with one attached hydrogen (secondary N) is 1. The molecule has 18 heavy (non-hydrogen) atoms. The lowest BCUT2D eigenvalue weighted by atomic mass is 10.2. The first-order valence-corrected chi connectivity index (χ1v) is 7.47. The molecule has 2 rings (SSSR count). The van der Waals surface area contributed by atoms with Crippen LogP contribution in [0, 0.1) is 0 Å². The molecular formula is C14H19ClN2S. The molecule has 0 spiro atoms. The van der Waals surface area contributed by atoms with E-state index in [2.05, 4.69) is 42.4 Å². The van der Waals surface area contributed by atoms with Gasteiger partial charge in [-0.3, -0.25) is 0 Å². The monoisotopic (exact) mass is 282 g/mol. The van der Waals surface area contributed by atoms with Gasteiger partial charge >= 0.3 is 0 Å². The number of thiophene rings is 1. The molecule has 0 bridgehead atoms. The van der Waals surface area contributed by atoms with E-state index >= 15 is 0 Å². The van der Waals surface area contributed by atoms with Crippen molar-refractivity contribution < 1.29 is 0 Å². The molecule has 0 aliphatic heterocycles. The third kappa shape index (κ3) is 3.23. The van der Waals surface area contributed by atoms with Crippen molar-refractivity contribution in [3.63, 3.8) is 0 Å². The van der Waals surface area contributed by atoms with Crippen LogP contribution in [0.25, 0.3) is 10.1 Å². The van der Waals surface area contributed by atoms with E-state index < -0.39 is 0 Å². The van der Waals surface area contributed by atoms with Gasteiger partial charge in [0.05, 0.1) is 5.02 Å². The maximum absolute atomic E-state index is 6.39. The highest BCUT2D eigenvalue weighted by molar-refractivity contribution is 7.19. The number of benzene rings is 1. The first-order valence-electron chi connectivity index (χ1n) is 6.27. The van der Waals surface area contributed by atoms with Gasteiger partial charge in [0.15, 0.2) is 0 Å². The lowest BCUT2D eigenvalue weighted by Gasteiger charge is -2.13. The fourth-order valence-electron chi connectivity index (χ4n) is 1.81. The summed E-state index contributed by atoms with van der Waals surface area (Å²) in [5, 5.41) is 5.54. The molecule has 4 heteroatoms. The molecule has 1 aromatic carbocycles. The molecule has 2 aromatic rings. The summed E-state index contributed by atoms with van der Waals surface area (Å²) >= 11 is 8.17. The first-order chi connectivity index (χ1) is 8.72. The smallest absolute Gasteiger partial charge is 0.0636 e. The normalized spacial score (nSPS) is 11.6. The van der Waals surface area contributed by atoms with Gasteiger partial charge in [-0.2, -0.15) is 0 Å². The highest BCUT2D eigenvalue weighted by Crippen LogP contribution is 2.34. The van der Waals surface area contributed by atoms with Crippen molar-refractivity contribution in [3.05, 3.63) is 34.2 Å². The van der Waals surface area contributed by atoms with E-state index in [4.69, 9.17) is 11.6 Å². The molecule has 0 atom stereocenters. The van der Waals surface area contributed by atoms with Gasteiger partial charge in [0.1, 0.15) is 0 Å². The quantitative estimate of drug-likeness (QED) is 0.815. The van der Waals surface area contributed by atoms with Crippen molar-refractivity contribution in [1.29, 1.82) is 0 Å². The van der Waals surface area contributed by atoms with E-state index in [-0.39, 0.29) is 0 Å². The molecule has 0 unspecified atom stereocenters. The number of nitrogens with zero attached hydrogens (tertiary/aromatic N) is 1. The Morgan fingerprint density at radius 3 is 2.83 bits per heavy atom. The summed E-state index contributed by atoms with van der Waals surface area (Å²) in [6.07, 6.45) is 0. The van der Waals surface area contributed by atoms with E-state index in [1.54, 1.807) is 11.3 Å². The Hall–Kier alpha value is -0.610. The Kier molecular flexibility index (Phi) is 5.01. The van der Waals surface area contributed by atoms with Crippen LogP contribution >= 0.6 is 22.9 Å². The molecule has 0 aliphatic carbocycles. The Morgan fingerprint density at radius 2 is 2.11 bits per heavy atom. The summed E-state index contributed by atoms with van der Waals surface area (Å²) in [5.74, 6) is 0.